The molecule has 0 atom stereocenters. The van der Waals surface area contributed by atoms with Gasteiger partial charge in [0.1, 0.15) is 6.54 Å². The van der Waals surface area contributed by atoms with Gasteiger partial charge in [0.15, 0.2) is 0 Å². The van der Waals surface area contributed by atoms with Gasteiger partial charge in [-0.1, -0.05) is 23.5 Å². The van der Waals surface area contributed by atoms with Crippen molar-refractivity contribution < 1.29 is 31.1 Å². The number of para-hydroxylation sites is 1. The van der Waals surface area contributed by atoms with Crippen LogP contribution in [0.1, 0.15) is 11.1 Å². The second-order valence-corrected chi connectivity index (χ2v) is 6.76. The highest BCUT2D eigenvalue weighted by atomic mass is 32.1. The molecule has 3 rings (SSSR count). The quantitative estimate of drug-likeness (QED) is 0.623. The van der Waals surface area contributed by atoms with Gasteiger partial charge < -0.3 is 5.32 Å². The SMILES string of the molecule is O=C(Cn1c(=O)sc2ccccc21)Nc1cc(C(F)(F)F)cc(C(F)(F)F)c1. The average molecular weight is 420 g/mol. The molecule has 148 valence electrons. The third-order valence-corrected chi connectivity index (χ3v) is 4.71. The summed E-state index contributed by atoms with van der Waals surface area (Å²) in [6, 6.07) is 7.32. The van der Waals surface area contributed by atoms with Crippen molar-refractivity contribution >= 4 is 33.1 Å². The van der Waals surface area contributed by atoms with Crippen LogP contribution in [0.3, 0.4) is 0 Å². The summed E-state index contributed by atoms with van der Waals surface area (Å²) in [5.41, 5.74) is -3.32. The lowest BCUT2D eigenvalue weighted by Crippen LogP contribution is -2.24. The topological polar surface area (TPSA) is 51.1 Å². The molecule has 0 saturated heterocycles. The first-order chi connectivity index (χ1) is 12.9. The Balaban J connectivity index is 1.91. The van der Waals surface area contributed by atoms with Crippen LogP contribution in [0.4, 0.5) is 32.0 Å². The molecule has 0 aliphatic heterocycles. The van der Waals surface area contributed by atoms with Crippen molar-refractivity contribution in [3.63, 3.8) is 0 Å². The predicted octanol–water partition coefficient (Wildman–Crippen LogP) is 4.74. The zero-order valence-electron chi connectivity index (χ0n) is 13.7. The number of fused-ring (bicyclic) bond motifs is 1. The van der Waals surface area contributed by atoms with E-state index in [0.717, 1.165) is 15.9 Å². The van der Waals surface area contributed by atoms with Crippen molar-refractivity contribution in [3.8, 4) is 0 Å². The van der Waals surface area contributed by atoms with E-state index >= 15 is 0 Å². The molecule has 1 amide bonds. The van der Waals surface area contributed by atoms with Crippen LogP contribution in [0.15, 0.2) is 47.3 Å². The number of benzene rings is 2. The van der Waals surface area contributed by atoms with E-state index in [1.807, 2.05) is 5.32 Å². The van der Waals surface area contributed by atoms with Crippen molar-refractivity contribution in [2.75, 3.05) is 5.32 Å². The number of carbonyl (C=O) groups excluding carboxylic acids is 1. The van der Waals surface area contributed by atoms with E-state index < -0.39 is 46.5 Å². The molecule has 0 bridgehead atoms. The highest BCUT2D eigenvalue weighted by Gasteiger charge is 2.37. The number of carbonyl (C=O) groups is 1. The fourth-order valence-corrected chi connectivity index (χ4v) is 3.43. The molecular formula is C17H10F6N2O2S. The van der Waals surface area contributed by atoms with Gasteiger partial charge in [0.2, 0.25) is 5.91 Å². The fourth-order valence-electron chi connectivity index (χ4n) is 2.53. The maximum absolute atomic E-state index is 12.9. The van der Waals surface area contributed by atoms with Gasteiger partial charge in [-0.05, 0) is 30.3 Å². The number of hydrogen-bond donors (Lipinski definition) is 1. The van der Waals surface area contributed by atoms with E-state index in [1.54, 1.807) is 24.3 Å². The van der Waals surface area contributed by atoms with Crippen molar-refractivity contribution in [2.24, 2.45) is 0 Å². The summed E-state index contributed by atoms with van der Waals surface area (Å²) < 4.78 is 79.0. The monoisotopic (exact) mass is 420 g/mol. The summed E-state index contributed by atoms with van der Waals surface area (Å²) in [5.74, 6) is -0.932. The molecule has 0 aliphatic rings. The van der Waals surface area contributed by atoms with Crippen LogP contribution in [0.25, 0.3) is 10.2 Å². The van der Waals surface area contributed by atoms with Crippen LogP contribution in [-0.2, 0) is 23.7 Å². The van der Waals surface area contributed by atoms with Crippen molar-refractivity contribution in [2.45, 2.75) is 18.9 Å². The predicted molar refractivity (Wildman–Crippen MR) is 91.2 cm³/mol. The Hall–Kier alpha value is -2.82. The first-order valence-electron chi connectivity index (χ1n) is 7.63. The number of aromatic nitrogens is 1. The Bertz CT molecular complexity index is 1070. The Morgan fingerprint density at radius 1 is 0.964 bits per heavy atom. The van der Waals surface area contributed by atoms with Crippen molar-refractivity contribution in [3.05, 3.63) is 63.3 Å². The average Bonchev–Trinajstić information content (AvgIpc) is 2.88. The van der Waals surface area contributed by atoms with Crippen molar-refractivity contribution in [1.82, 2.24) is 4.57 Å². The molecule has 0 fully saturated rings. The normalized spacial score (nSPS) is 12.4. The van der Waals surface area contributed by atoms with Crippen molar-refractivity contribution in [1.29, 1.82) is 0 Å². The summed E-state index contributed by atoms with van der Waals surface area (Å²) >= 11 is 0.869. The number of anilines is 1. The largest absolute Gasteiger partial charge is 0.416 e. The Labute approximate surface area is 157 Å². The second-order valence-electron chi connectivity index (χ2n) is 5.76. The second kappa shape index (κ2) is 6.97. The summed E-state index contributed by atoms with van der Waals surface area (Å²) in [6.07, 6.45) is -10.1. The number of thiazole rings is 1. The molecular weight excluding hydrogens is 410 g/mol. The Morgan fingerprint density at radius 3 is 2.11 bits per heavy atom. The third-order valence-electron chi connectivity index (χ3n) is 3.75. The van der Waals surface area contributed by atoms with Gasteiger partial charge in [-0.2, -0.15) is 26.3 Å². The minimum absolute atomic E-state index is 0.0352. The number of alkyl halides is 6. The summed E-state index contributed by atoms with van der Waals surface area (Å²) in [7, 11) is 0. The molecule has 4 nitrogen and oxygen atoms in total. The van der Waals surface area contributed by atoms with Gasteiger partial charge >= 0.3 is 17.2 Å². The van der Waals surface area contributed by atoms with Gasteiger partial charge in [-0.3, -0.25) is 14.2 Å². The van der Waals surface area contributed by atoms with E-state index in [-0.39, 0.29) is 6.07 Å². The minimum atomic E-state index is -5.03. The van der Waals surface area contributed by atoms with E-state index in [1.165, 1.54) is 0 Å². The number of hydrogen-bond acceptors (Lipinski definition) is 3. The number of nitrogens with zero attached hydrogens (tertiary/aromatic N) is 1. The standard InChI is InChI=1S/C17H10F6N2O2S/c18-16(19,20)9-5-10(17(21,22)23)7-11(6-9)24-14(26)8-25-12-3-1-2-4-13(12)28-15(25)27/h1-7H,8H2,(H,24,26). The van der Waals surface area contributed by atoms with E-state index in [0.29, 0.717) is 22.3 Å². The summed E-state index contributed by atoms with van der Waals surface area (Å²) in [6.45, 7) is -0.555. The minimum Gasteiger partial charge on any atom is -0.325 e. The van der Waals surface area contributed by atoms with Gasteiger partial charge in [-0.15, -0.1) is 0 Å². The van der Waals surface area contributed by atoms with Crippen LogP contribution < -0.4 is 10.2 Å². The highest BCUT2D eigenvalue weighted by molar-refractivity contribution is 7.16. The Morgan fingerprint density at radius 2 is 1.54 bits per heavy atom. The molecule has 2 aromatic carbocycles. The third kappa shape index (κ3) is 4.19. The van der Waals surface area contributed by atoms with Crippen LogP contribution in [0.2, 0.25) is 0 Å². The molecule has 28 heavy (non-hydrogen) atoms. The first-order valence-corrected chi connectivity index (χ1v) is 8.44. The maximum Gasteiger partial charge on any atom is 0.416 e. The molecule has 0 radical (unpaired) electrons. The van der Waals surface area contributed by atoms with Gasteiger partial charge in [0, 0.05) is 5.69 Å². The molecule has 0 aliphatic carbocycles. The zero-order chi connectivity index (χ0) is 20.7. The lowest BCUT2D eigenvalue weighted by atomic mass is 10.1. The summed E-state index contributed by atoms with van der Waals surface area (Å²) in [5, 5.41) is 2.00. The first kappa shape index (κ1) is 19.9. The number of halogens is 6. The molecule has 0 spiro atoms. The molecule has 11 heteroatoms. The lowest BCUT2D eigenvalue weighted by Gasteiger charge is -2.15. The van der Waals surface area contributed by atoms with Crippen LogP contribution in [-0.4, -0.2) is 10.5 Å². The number of nitrogens with one attached hydrogen (secondary N) is 1. The molecule has 0 unspecified atom stereocenters. The highest BCUT2D eigenvalue weighted by Crippen LogP contribution is 2.37. The molecule has 0 saturated carbocycles. The lowest BCUT2D eigenvalue weighted by molar-refractivity contribution is -0.143. The van der Waals surface area contributed by atoms with Gasteiger partial charge in [0.25, 0.3) is 0 Å². The van der Waals surface area contributed by atoms with E-state index in [2.05, 4.69) is 0 Å². The van der Waals surface area contributed by atoms with Gasteiger partial charge in [-0.25, -0.2) is 0 Å². The van der Waals surface area contributed by atoms with Crippen LogP contribution in [0.5, 0.6) is 0 Å². The molecule has 1 aromatic heterocycles. The number of amides is 1. The smallest absolute Gasteiger partial charge is 0.325 e. The van der Waals surface area contributed by atoms with Crippen LogP contribution >= 0.6 is 11.3 Å². The van der Waals surface area contributed by atoms with E-state index in [4.69, 9.17) is 0 Å². The van der Waals surface area contributed by atoms with E-state index in [9.17, 15) is 35.9 Å². The zero-order valence-corrected chi connectivity index (χ0v) is 14.5. The molecule has 1 N–H and O–H groups in total. The maximum atomic E-state index is 12.9. The molecule has 3 aromatic rings. The molecule has 1 heterocycles. The fraction of sp³-hybridized carbons (Fsp3) is 0.176. The Kier molecular flexibility index (Phi) is 4.96. The summed E-state index contributed by atoms with van der Waals surface area (Å²) in [4.78, 5) is 23.7. The number of rotatable bonds is 3. The van der Waals surface area contributed by atoms with Gasteiger partial charge in [0.05, 0.1) is 21.3 Å². The van der Waals surface area contributed by atoms with Crippen LogP contribution in [0, 0.1) is 0 Å².